The summed E-state index contributed by atoms with van der Waals surface area (Å²) in [4.78, 5) is 12.2. The molecule has 0 aromatic rings. The van der Waals surface area contributed by atoms with Gasteiger partial charge < -0.3 is 9.84 Å². The van der Waals surface area contributed by atoms with E-state index >= 15 is 0 Å². The number of aliphatic hydroxyl groups is 1. The molecule has 90 valence electrons. The SMILES string of the molecule is CC1CCC(O)(C(=O)C2=COCCC2)CC1. The molecule has 2 aliphatic rings. The van der Waals surface area contributed by atoms with Crippen molar-refractivity contribution in [2.45, 2.75) is 51.0 Å². The van der Waals surface area contributed by atoms with E-state index in [9.17, 15) is 9.90 Å². The van der Waals surface area contributed by atoms with Crippen molar-refractivity contribution in [3.8, 4) is 0 Å². The quantitative estimate of drug-likeness (QED) is 0.782. The Morgan fingerprint density at radius 1 is 1.50 bits per heavy atom. The van der Waals surface area contributed by atoms with E-state index < -0.39 is 5.60 Å². The molecular formula is C13H20O3. The zero-order chi connectivity index (χ0) is 11.6. The molecule has 3 heteroatoms. The second-order valence-electron chi connectivity index (χ2n) is 5.16. The second-order valence-corrected chi connectivity index (χ2v) is 5.16. The second kappa shape index (κ2) is 4.58. The minimum absolute atomic E-state index is 0.0981. The van der Waals surface area contributed by atoms with Crippen LogP contribution >= 0.6 is 0 Å². The molecule has 2 rings (SSSR count). The number of hydrogen-bond acceptors (Lipinski definition) is 3. The maximum atomic E-state index is 12.2. The van der Waals surface area contributed by atoms with Gasteiger partial charge in [-0.05, 0) is 44.4 Å². The summed E-state index contributed by atoms with van der Waals surface area (Å²) >= 11 is 0. The maximum Gasteiger partial charge on any atom is 0.193 e. The number of carbonyl (C=O) groups excluding carboxylic acids is 1. The minimum atomic E-state index is -1.11. The molecule has 0 atom stereocenters. The summed E-state index contributed by atoms with van der Waals surface area (Å²) in [6.45, 7) is 2.86. The first-order valence-corrected chi connectivity index (χ1v) is 6.20. The third kappa shape index (κ3) is 2.29. The van der Waals surface area contributed by atoms with Crippen LogP contribution < -0.4 is 0 Å². The number of ether oxygens (including phenoxy) is 1. The summed E-state index contributed by atoms with van der Waals surface area (Å²) in [5, 5.41) is 10.4. The fourth-order valence-electron chi connectivity index (χ4n) is 2.50. The molecule has 1 aliphatic carbocycles. The van der Waals surface area contributed by atoms with Gasteiger partial charge in [-0.15, -0.1) is 0 Å². The van der Waals surface area contributed by atoms with Gasteiger partial charge in [-0.1, -0.05) is 6.92 Å². The zero-order valence-electron chi connectivity index (χ0n) is 9.87. The lowest BCUT2D eigenvalue weighted by Crippen LogP contribution is -2.43. The molecule has 0 aromatic heterocycles. The smallest absolute Gasteiger partial charge is 0.193 e. The van der Waals surface area contributed by atoms with Gasteiger partial charge >= 0.3 is 0 Å². The Morgan fingerprint density at radius 3 is 2.75 bits per heavy atom. The molecule has 0 saturated heterocycles. The lowest BCUT2D eigenvalue weighted by atomic mass is 9.75. The van der Waals surface area contributed by atoms with Crippen molar-refractivity contribution in [1.29, 1.82) is 0 Å². The molecule has 0 bridgehead atoms. The van der Waals surface area contributed by atoms with Crippen molar-refractivity contribution in [2.24, 2.45) is 5.92 Å². The summed E-state index contributed by atoms with van der Waals surface area (Å²) < 4.78 is 5.17. The molecular weight excluding hydrogens is 204 g/mol. The molecule has 16 heavy (non-hydrogen) atoms. The van der Waals surface area contributed by atoms with E-state index in [0.717, 1.165) is 25.7 Å². The van der Waals surface area contributed by atoms with Crippen LogP contribution in [0.5, 0.6) is 0 Å². The summed E-state index contributed by atoms with van der Waals surface area (Å²) in [6, 6.07) is 0. The molecule has 3 nitrogen and oxygen atoms in total. The van der Waals surface area contributed by atoms with Gasteiger partial charge in [-0.3, -0.25) is 4.79 Å². The van der Waals surface area contributed by atoms with Gasteiger partial charge in [0.15, 0.2) is 5.78 Å². The lowest BCUT2D eigenvalue weighted by Gasteiger charge is -2.34. The highest BCUT2D eigenvalue weighted by atomic mass is 16.5. The first-order chi connectivity index (χ1) is 7.62. The van der Waals surface area contributed by atoms with Gasteiger partial charge in [0.2, 0.25) is 0 Å². The molecule has 1 aliphatic heterocycles. The third-order valence-corrected chi connectivity index (χ3v) is 3.75. The van der Waals surface area contributed by atoms with E-state index in [0.29, 0.717) is 30.9 Å². The number of hydrogen-bond donors (Lipinski definition) is 1. The van der Waals surface area contributed by atoms with Crippen LogP contribution in [0.4, 0.5) is 0 Å². The van der Waals surface area contributed by atoms with Gasteiger partial charge in [-0.2, -0.15) is 0 Å². The average molecular weight is 224 g/mol. The van der Waals surface area contributed by atoms with Crippen molar-refractivity contribution in [1.82, 2.24) is 0 Å². The van der Waals surface area contributed by atoms with Crippen LogP contribution in [0.2, 0.25) is 0 Å². The molecule has 0 amide bonds. The average Bonchev–Trinajstić information content (AvgIpc) is 2.33. The topological polar surface area (TPSA) is 46.5 Å². The fourth-order valence-corrected chi connectivity index (χ4v) is 2.50. The number of rotatable bonds is 2. The Morgan fingerprint density at radius 2 is 2.19 bits per heavy atom. The predicted molar refractivity (Wildman–Crippen MR) is 60.9 cm³/mol. The van der Waals surface area contributed by atoms with E-state index in [-0.39, 0.29) is 5.78 Å². The Labute approximate surface area is 96.5 Å². The summed E-state index contributed by atoms with van der Waals surface area (Å²) in [5.41, 5.74) is -0.442. The Kier molecular flexibility index (Phi) is 3.33. The van der Waals surface area contributed by atoms with E-state index in [1.54, 1.807) is 6.26 Å². The van der Waals surface area contributed by atoms with E-state index in [2.05, 4.69) is 6.92 Å². The fraction of sp³-hybridized carbons (Fsp3) is 0.769. The largest absolute Gasteiger partial charge is 0.501 e. The Bertz CT molecular complexity index is 298. The van der Waals surface area contributed by atoms with Crippen LogP contribution in [0.15, 0.2) is 11.8 Å². The van der Waals surface area contributed by atoms with Crippen LogP contribution in [-0.2, 0) is 9.53 Å². The summed E-state index contributed by atoms with van der Waals surface area (Å²) in [5.74, 6) is 0.531. The van der Waals surface area contributed by atoms with E-state index in [4.69, 9.17) is 4.74 Å². The number of carbonyl (C=O) groups is 1. The van der Waals surface area contributed by atoms with Gasteiger partial charge in [0.1, 0.15) is 5.60 Å². The highest BCUT2D eigenvalue weighted by Gasteiger charge is 2.40. The molecule has 1 heterocycles. The molecule has 0 aromatic carbocycles. The van der Waals surface area contributed by atoms with Crippen LogP contribution in [0, 0.1) is 5.92 Å². The summed E-state index contributed by atoms with van der Waals surface area (Å²) in [7, 11) is 0. The predicted octanol–water partition coefficient (Wildman–Crippen LogP) is 2.19. The maximum absolute atomic E-state index is 12.2. The molecule has 1 N–H and O–H groups in total. The van der Waals surface area contributed by atoms with E-state index in [1.807, 2.05) is 0 Å². The minimum Gasteiger partial charge on any atom is -0.501 e. The van der Waals surface area contributed by atoms with Crippen molar-refractivity contribution in [3.63, 3.8) is 0 Å². The van der Waals surface area contributed by atoms with Crippen molar-refractivity contribution >= 4 is 5.78 Å². The molecule has 1 fully saturated rings. The van der Waals surface area contributed by atoms with Crippen molar-refractivity contribution in [2.75, 3.05) is 6.61 Å². The van der Waals surface area contributed by atoms with Crippen LogP contribution in [0.25, 0.3) is 0 Å². The molecule has 1 saturated carbocycles. The van der Waals surface area contributed by atoms with Gasteiger partial charge in [0.05, 0.1) is 12.9 Å². The zero-order valence-corrected chi connectivity index (χ0v) is 9.87. The van der Waals surface area contributed by atoms with Crippen LogP contribution in [0.3, 0.4) is 0 Å². The van der Waals surface area contributed by atoms with Crippen LogP contribution in [-0.4, -0.2) is 23.1 Å². The first-order valence-electron chi connectivity index (χ1n) is 6.20. The summed E-state index contributed by atoms with van der Waals surface area (Å²) in [6.07, 6.45) is 6.25. The first kappa shape index (κ1) is 11.6. The van der Waals surface area contributed by atoms with E-state index in [1.165, 1.54) is 0 Å². The highest BCUT2D eigenvalue weighted by Crippen LogP contribution is 2.35. The van der Waals surface area contributed by atoms with Gasteiger partial charge in [-0.25, -0.2) is 0 Å². The van der Waals surface area contributed by atoms with Crippen molar-refractivity contribution < 1.29 is 14.6 Å². The Balaban J connectivity index is 2.05. The Hall–Kier alpha value is -0.830. The highest BCUT2D eigenvalue weighted by molar-refractivity contribution is 6.01. The number of ketones is 1. The lowest BCUT2D eigenvalue weighted by molar-refractivity contribution is -0.137. The van der Waals surface area contributed by atoms with Crippen molar-refractivity contribution in [3.05, 3.63) is 11.8 Å². The standard InChI is InChI=1S/C13H20O3/c1-10-4-6-13(15,7-5-10)12(14)11-3-2-8-16-9-11/h9-10,15H,2-8H2,1H3. The van der Waals surface area contributed by atoms with Gasteiger partial charge in [0, 0.05) is 5.57 Å². The molecule has 0 spiro atoms. The van der Waals surface area contributed by atoms with Gasteiger partial charge in [0.25, 0.3) is 0 Å². The molecule has 0 unspecified atom stereocenters. The number of Topliss-reactive ketones (excluding diaryl/α,β-unsaturated/α-hetero) is 1. The normalized spacial score (nSPS) is 35.1. The van der Waals surface area contributed by atoms with Crippen LogP contribution in [0.1, 0.15) is 45.4 Å². The molecule has 0 radical (unpaired) electrons. The third-order valence-electron chi connectivity index (χ3n) is 3.75. The monoisotopic (exact) mass is 224 g/mol.